The fraction of sp³-hybridized carbons (Fsp3) is 0.667. The van der Waals surface area contributed by atoms with Gasteiger partial charge in [-0.15, -0.1) is 11.3 Å². The van der Waals surface area contributed by atoms with Crippen LogP contribution in [-0.4, -0.2) is 20.0 Å². The molecule has 0 saturated heterocycles. The number of carboxylic acid groups (broad SMARTS) is 1. The molecule has 0 saturated carbocycles. The van der Waals surface area contributed by atoms with Gasteiger partial charge in [-0.25, -0.2) is 13.7 Å². The van der Waals surface area contributed by atoms with Gasteiger partial charge < -0.3 is 5.11 Å². The zero-order valence-corrected chi connectivity index (χ0v) is 15.4. The van der Waals surface area contributed by atoms with Gasteiger partial charge in [0, 0.05) is 4.88 Å². The Labute approximate surface area is 133 Å². The second kappa shape index (κ2) is 6.18. The van der Waals surface area contributed by atoms with E-state index in [4.69, 9.17) is 0 Å². The van der Waals surface area contributed by atoms with Crippen LogP contribution in [-0.2, 0) is 16.4 Å². The lowest BCUT2D eigenvalue weighted by atomic mass is 9.87. The lowest BCUT2D eigenvalue weighted by molar-refractivity contribution is 0.0699. The monoisotopic (exact) mass is 331 g/mol. The van der Waals surface area contributed by atoms with Gasteiger partial charge in [0.2, 0.25) is 0 Å². The zero-order chi connectivity index (χ0) is 16.6. The van der Waals surface area contributed by atoms with Gasteiger partial charge in [-0.05, 0) is 44.7 Å². The van der Waals surface area contributed by atoms with Crippen LogP contribution in [0.4, 0.5) is 0 Å². The normalized spacial score (nSPS) is 15.8. The molecule has 6 heteroatoms. The molecule has 1 unspecified atom stereocenters. The Morgan fingerprint density at radius 1 is 1.29 bits per heavy atom. The maximum absolute atomic E-state index is 12.2. The number of carbonyl (C=O) groups is 1. The van der Waals surface area contributed by atoms with Crippen molar-refractivity contribution < 1.29 is 14.1 Å². The first kappa shape index (κ1) is 18.3. The smallest absolute Gasteiger partial charge is 0.346 e. The van der Waals surface area contributed by atoms with Crippen LogP contribution in [0.2, 0.25) is 0 Å². The molecule has 4 nitrogen and oxygen atoms in total. The summed E-state index contributed by atoms with van der Waals surface area (Å²) in [5.74, 6) is -0.902. The second-order valence-corrected chi connectivity index (χ2v) is 10.2. The average molecular weight is 332 g/mol. The summed E-state index contributed by atoms with van der Waals surface area (Å²) in [6.07, 6.45) is 0. The van der Waals surface area contributed by atoms with Crippen LogP contribution in [0, 0.1) is 0 Å². The standard InChI is InChI=1S/C15H25NO3S2/c1-9(16-21(19)15(5,6)7)11-8-10(14(2,3)4)12(20-11)13(17)18/h8-9,16H,1-7H3,(H,17,18)/t9-,21?/m0/s1. The van der Waals surface area contributed by atoms with Crippen molar-refractivity contribution in [3.8, 4) is 0 Å². The number of nitrogens with one attached hydrogen (secondary N) is 1. The number of thiophene rings is 1. The number of hydrogen-bond donors (Lipinski definition) is 2. The SMILES string of the molecule is C[C@H](NS(=O)C(C)(C)C)c1cc(C(C)(C)C)c(C(=O)O)s1. The van der Waals surface area contributed by atoms with E-state index in [2.05, 4.69) is 4.72 Å². The predicted molar refractivity (Wildman–Crippen MR) is 89.4 cm³/mol. The highest BCUT2D eigenvalue weighted by molar-refractivity contribution is 7.84. The summed E-state index contributed by atoms with van der Waals surface area (Å²) in [5.41, 5.74) is 0.593. The van der Waals surface area contributed by atoms with Crippen molar-refractivity contribution >= 4 is 28.3 Å². The Bertz CT molecular complexity index is 550. The van der Waals surface area contributed by atoms with Crippen molar-refractivity contribution in [2.45, 2.75) is 64.7 Å². The van der Waals surface area contributed by atoms with Gasteiger partial charge in [0.05, 0.1) is 21.8 Å². The lowest BCUT2D eigenvalue weighted by Gasteiger charge is -2.21. The van der Waals surface area contributed by atoms with E-state index in [1.54, 1.807) is 0 Å². The minimum absolute atomic E-state index is 0.149. The molecular weight excluding hydrogens is 306 g/mol. The molecule has 0 aromatic carbocycles. The molecule has 0 bridgehead atoms. The first-order chi connectivity index (χ1) is 9.34. The Morgan fingerprint density at radius 2 is 1.81 bits per heavy atom. The topological polar surface area (TPSA) is 66.4 Å². The van der Waals surface area contributed by atoms with Crippen LogP contribution < -0.4 is 4.72 Å². The van der Waals surface area contributed by atoms with Gasteiger partial charge in [-0.3, -0.25) is 0 Å². The third-order valence-electron chi connectivity index (χ3n) is 3.02. The third-order valence-corrected chi connectivity index (χ3v) is 6.01. The van der Waals surface area contributed by atoms with Crippen LogP contribution >= 0.6 is 11.3 Å². The molecule has 0 aliphatic rings. The molecule has 0 aliphatic heterocycles. The number of carboxylic acids is 1. The quantitative estimate of drug-likeness (QED) is 0.880. The number of hydrogen-bond acceptors (Lipinski definition) is 3. The van der Waals surface area contributed by atoms with E-state index in [9.17, 15) is 14.1 Å². The van der Waals surface area contributed by atoms with Gasteiger partial charge in [-0.2, -0.15) is 0 Å². The molecule has 0 spiro atoms. The summed E-state index contributed by atoms with van der Waals surface area (Å²) >= 11 is 1.26. The molecule has 0 aliphatic carbocycles. The van der Waals surface area contributed by atoms with Crippen molar-refractivity contribution in [2.24, 2.45) is 0 Å². The predicted octanol–water partition coefficient (Wildman–Crippen LogP) is 3.86. The molecule has 120 valence electrons. The van der Waals surface area contributed by atoms with Gasteiger partial charge in [0.15, 0.2) is 0 Å². The highest BCUT2D eigenvalue weighted by atomic mass is 32.2. The van der Waals surface area contributed by atoms with Crippen LogP contribution in [0.5, 0.6) is 0 Å². The third kappa shape index (κ3) is 4.63. The fourth-order valence-corrected chi connectivity index (χ4v) is 3.82. The van der Waals surface area contributed by atoms with Crippen molar-refractivity contribution in [1.82, 2.24) is 4.72 Å². The van der Waals surface area contributed by atoms with Crippen LogP contribution in [0.1, 0.15) is 74.6 Å². The van der Waals surface area contributed by atoms with E-state index in [1.165, 1.54) is 11.3 Å². The molecule has 1 rings (SSSR count). The molecule has 0 radical (unpaired) electrons. The summed E-state index contributed by atoms with van der Waals surface area (Å²) in [4.78, 5) is 12.7. The summed E-state index contributed by atoms with van der Waals surface area (Å²) in [6.45, 7) is 13.6. The van der Waals surface area contributed by atoms with Gasteiger partial charge >= 0.3 is 5.97 Å². The second-order valence-electron chi connectivity index (χ2n) is 7.17. The maximum Gasteiger partial charge on any atom is 0.346 e. The molecule has 2 N–H and O–H groups in total. The highest BCUT2D eigenvalue weighted by Gasteiger charge is 2.28. The first-order valence-corrected chi connectivity index (χ1v) is 8.86. The van der Waals surface area contributed by atoms with E-state index < -0.39 is 17.0 Å². The minimum atomic E-state index is -1.19. The van der Waals surface area contributed by atoms with Crippen LogP contribution in [0.15, 0.2) is 6.07 Å². The summed E-state index contributed by atoms with van der Waals surface area (Å²) < 4.78 is 14.9. The fourth-order valence-electron chi connectivity index (χ4n) is 1.73. The molecule has 0 fully saturated rings. The Balaban J connectivity index is 3.10. The maximum atomic E-state index is 12.2. The van der Waals surface area contributed by atoms with E-state index >= 15 is 0 Å². The lowest BCUT2D eigenvalue weighted by Crippen LogP contribution is -2.34. The molecule has 1 aromatic rings. The Morgan fingerprint density at radius 3 is 2.14 bits per heavy atom. The number of rotatable bonds is 4. The van der Waals surface area contributed by atoms with Crippen molar-refractivity contribution in [2.75, 3.05) is 0 Å². The van der Waals surface area contributed by atoms with Crippen LogP contribution in [0.3, 0.4) is 0 Å². The summed E-state index contributed by atoms with van der Waals surface area (Å²) in [7, 11) is -1.19. The largest absolute Gasteiger partial charge is 0.477 e. The number of aromatic carboxylic acids is 1. The Kier molecular flexibility index (Phi) is 5.40. The first-order valence-electron chi connectivity index (χ1n) is 6.89. The summed E-state index contributed by atoms with van der Waals surface area (Å²) in [6, 6.07) is 1.77. The minimum Gasteiger partial charge on any atom is -0.477 e. The van der Waals surface area contributed by atoms with Crippen molar-refractivity contribution in [3.63, 3.8) is 0 Å². The molecule has 1 aromatic heterocycles. The van der Waals surface area contributed by atoms with Gasteiger partial charge in [0.25, 0.3) is 0 Å². The van der Waals surface area contributed by atoms with E-state index in [0.29, 0.717) is 4.88 Å². The molecule has 21 heavy (non-hydrogen) atoms. The van der Waals surface area contributed by atoms with Gasteiger partial charge in [0.1, 0.15) is 4.88 Å². The van der Waals surface area contributed by atoms with Crippen LogP contribution in [0.25, 0.3) is 0 Å². The highest BCUT2D eigenvalue weighted by Crippen LogP contribution is 2.35. The van der Waals surface area contributed by atoms with Gasteiger partial charge in [-0.1, -0.05) is 20.8 Å². The van der Waals surface area contributed by atoms with E-state index in [1.807, 2.05) is 54.5 Å². The Hall–Kier alpha value is -0.720. The zero-order valence-electron chi connectivity index (χ0n) is 13.7. The average Bonchev–Trinajstić information content (AvgIpc) is 2.71. The molecule has 1 heterocycles. The molecule has 2 atom stereocenters. The van der Waals surface area contributed by atoms with Crippen molar-refractivity contribution in [1.29, 1.82) is 0 Å². The van der Waals surface area contributed by atoms with Crippen molar-refractivity contribution in [3.05, 3.63) is 21.4 Å². The molecule has 0 amide bonds. The van der Waals surface area contributed by atoms with E-state index in [0.717, 1.165) is 10.4 Å². The van der Waals surface area contributed by atoms with E-state index in [-0.39, 0.29) is 16.2 Å². The molecular formula is C15H25NO3S2. The summed E-state index contributed by atoms with van der Waals surface area (Å²) in [5, 5.41) is 9.37.